The summed E-state index contributed by atoms with van der Waals surface area (Å²) in [7, 11) is 1.66. The number of hydrogen-bond acceptors (Lipinski definition) is 4. The van der Waals surface area contributed by atoms with Crippen molar-refractivity contribution in [2.24, 2.45) is 11.8 Å². The van der Waals surface area contributed by atoms with E-state index in [1.165, 1.54) is 5.56 Å². The molecule has 1 fully saturated rings. The molecule has 0 amide bonds. The van der Waals surface area contributed by atoms with Gasteiger partial charge in [0.1, 0.15) is 5.75 Å². The number of benzene rings is 2. The average Bonchev–Trinajstić information content (AvgIpc) is 2.85. The van der Waals surface area contributed by atoms with Gasteiger partial charge in [0.2, 0.25) is 0 Å². The number of hydrogen-bond donors (Lipinski definition) is 1. The molecule has 1 aliphatic heterocycles. The lowest BCUT2D eigenvalue weighted by atomic mass is 9.81. The monoisotopic (exact) mass is 510 g/mol. The molecule has 1 saturated heterocycles. The van der Waals surface area contributed by atoms with E-state index >= 15 is 0 Å². The van der Waals surface area contributed by atoms with Crippen molar-refractivity contribution in [3.05, 3.63) is 69.8 Å². The van der Waals surface area contributed by atoms with Gasteiger partial charge >= 0.3 is 5.97 Å². The Morgan fingerprint density at radius 3 is 2.86 bits per heavy atom. The number of piperidine rings is 1. The molecular weight excluding hydrogens is 483 g/mol. The second-order valence-electron chi connectivity index (χ2n) is 8.90. The number of fused-ring (bicyclic) bond motifs is 1. The summed E-state index contributed by atoms with van der Waals surface area (Å²) in [5, 5.41) is 12.1. The van der Waals surface area contributed by atoms with E-state index in [4.69, 9.17) is 27.9 Å². The van der Waals surface area contributed by atoms with Gasteiger partial charge in [-0.15, -0.1) is 0 Å². The smallest absolute Gasteiger partial charge is 0.308 e. The fourth-order valence-corrected chi connectivity index (χ4v) is 5.21. The van der Waals surface area contributed by atoms with Crippen LogP contribution in [0.5, 0.6) is 5.75 Å². The number of carbonyl (C=O) groups is 1. The molecule has 5 nitrogen and oxygen atoms in total. The minimum absolute atomic E-state index is 0.157. The molecule has 1 N–H and O–H groups in total. The zero-order valence-corrected chi connectivity index (χ0v) is 21.1. The van der Waals surface area contributed by atoms with Gasteiger partial charge in [-0.3, -0.25) is 14.7 Å². The molecule has 0 radical (unpaired) electrons. The van der Waals surface area contributed by atoms with Crippen molar-refractivity contribution in [1.82, 2.24) is 9.88 Å². The van der Waals surface area contributed by atoms with Crippen molar-refractivity contribution >= 4 is 40.1 Å². The van der Waals surface area contributed by atoms with E-state index in [2.05, 4.69) is 21.7 Å². The average molecular weight is 511 g/mol. The van der Waals surface area contributed by atoms with Crippen molar-refractivity contribution in [3.8, 4) is 17.6 Å². The SMILES string of the molecule is COc1ccc2nccc(CCC[C@@H]3CCN(CC#Cc4ccc(Cl)cc4Cl)C[C@@H]3C(=O)O)c2c1. The van der Waals surface area contributed by atoms with E-state index in [0.717, 1.165) is 54.4 Å². The molecule has 7 heteroatoms. The zero-order valence-electron chi connectivity index (χ0n) is 19.6. The van der Waals surface area contributed by atoms with Crippen LogP contribution in [0.1, 0.15) is 30.4 Å². The second-order valence-corrected chi connectivity index (χ2v) is 9.74. The van der Waals surface area contributed by atoms with Crippen LogP contribution in [0.25, 0.3) is 10.9 Å². The lowest BCUT2D eigenvalue weighted by Gasteiger charge is -2.35. The molecule has 3 aromatic rings. The Morgan fingerprint density at radius 1 is 1.23 bits per heavy atom. The van der Waals surface area contributed by atoms with Crippen molar-refractivity contribution < 1.29 is 14.6 Å². The van der Waals surface area contributed by atoms with Gasteiger partial charge in [0, 0.05) is 28.7 Å². The van der Waals surface area contributed by atoms with Crippen LogP contribution < -0.4 is 4.74 Å². The van der Waals surface area contributed by atoms with Crippen LogP contribution in [0.2, 0.25) is 10.0 Å². The summed E-state index contributed by atoms with van der Waals surface area (Å²) in [6.07, 6.45) is 5.38. The number of nitrogens with zero attached hydrogens (tertiary/aromatic N) is 2. The molecule has 35 heavy (non-hydrogen) atoms. The number of halogens is 2. The molecule has 1 aromatic heterocycles. The molecule has 2 atom stereocenters. The Hall–Kier alpha value is -2.78. The maximum absolute atomic E-state index is 12.0. The minimum Gasteiger partial charge on any atom is -0.497 e. The Kier molecular flexibility index (Phi) is 8.51. The number of aryl methyl sites for hydroxylation is 1. The third-order valence-corrected chi connectivity index (χ3v) is 7.22. The Balaban J connectivity index is 1.34. The lowest BCUT2D eigenvalue weighted by molar-refractivity contribution is -0.146. The summed E-state index contributed by atoms with van der Waals surface area (Å²) < 4.78 is 5.37. The van der Waals surface area contributed by atoms with Crippen LogP contribution in [-0.2, 0) is 11.2 Å². The van der Waals surface area contributed by atoms with Crippen molar-refractivity contribution in [2.45, 2.75) is 25.7 Å². The molecule has 1 aliphatic rings. The zero-order chi connectivity index (χ0) is 24.8. The van der Waals surface area contributed by atoms with Crippen LogP contribution >= 0.6 is 23.2 Å². The molecule has 0 aliphatic carbocycles. The fourth-order valence-electron chi connectivity index (χ4n) is 4.76. The number of carboxylic acids is 1. The number of methoxy groups -OCH3 is 1. The summed E-state index contributed by atoms with van der Waals surface area (Å²) in [5.41, 5.74) is 2.89. The van der Waals surface area contributed by atoms with E-state index in [1.54, 1.807) is 25.3 Å². The summed E-state index contributed by atoms with van der Waals surface area (Å²) in [6.45, 7) is 1.87. The highest BCUT2D eigenvalue weighted by atomic mass is 35.5. The second kappa shape index (κ2) is 11.8. The van der Waals surface area contributed by atoms with Crippen molar-refractivity contribution in [2.75, 3.05) is 26.7 Å². The van der Waals surface area contributed by atoms with Gasteiger partial charge in [-0.05, 0) is 86.2 Å². The first-order chi connectivity index (χ1) is 16.9. The normalized spacial score (nSPS) is 18.1. The Labute approximate surface area is 216 Å². The molecule has 2 heterocycles. The van der Waals surface area contributed by atoms with Crippen LogP contribution in [-0.4, -0.2) is 47.7 Å². The minimum atomic E-state index is -0.729. The standard InChI is InChI=1S/C28H28Cl2N2O3/c1-35-23-9-10-27-24(17-23)19(11-13-31-27)4-2-5-20-12-15-32(18-25(20)28(33)34)14-3-6-21-7-8-22(29)16-26(21)30/h7-11,13,16-17,20,25H,2,4-5,12,14-15,18H2,1H3,(H,33,34)/t20-,25+/m1/s1. The van der Waals surface area contributed by atoms with Gasteiger partial charge in [0.25, 0.3) is 0 Å². The number of carboxylic acid groups (broad SMARTS) is 1. The van der Waals surface area contributed by atoms with Crippen LogP contribution in [0.15, 0.2) is 48.7 Å². The highest BCUT2D eigenvalue weighted by Crippen LogP contribution is 2.30. The van der Waals surface area contributed by atoms with Gasteiger partial charge in [0.05, 0.1) is 30.1 Å². The fraction of sp³-hybridized carbons (Fsp3) is 0.357. The number of rotatable bonds is 7. The first-order valence-electron chi connectivity index (χ1n) is 11.8. The lowest BCUT2D eigenvalue weighted by Crippen LogP contribution is -2.44. The Morgan fingerprint density at radius 2 is 2.09 bits per heavy atom. The highest BCUT2D eigenvalue weighted by Gasteiger charge is 2.33. The summed E-state index contributed by atoms with van der Waals surface area (Å²) in [4.78, 5) is 18.6. The third kappa shape index (κ3) is 6.46. The molecule has 2 aromatic carbocycles. The van der Waals surface area contributed by atoms with Gasteiger partial charge in [-0.1, -0.05) is 35.0 Å². The maximum atomic E-state index is 12.0. The summed E-state index contributed by atoms with van der Waals surface area (Å²) in [5.74, 6) is 6.06. The summed E-state index contributed by atoms with van der Waals surface area (Å²) >= 11 is 12.1. The first kappa shape index (κ1) is 25.3. The molecule has 0 spiro atoms. The van der Waals surface area contributed by atoms with Crippen molar-refractivity contribution in [3.63, 3.8) is 0 Å². The van der Waals surface area contributed by atoms with Gasteiger partial charge in [-0.25, -0.2) is 0 Å². The first-order valence-corrected chi connectivity index (χ1v) is 12.5. The van der Waals surface area contributed by atoms with E-state index in [-0.39, 0.29) is 11.8 Å². The maximum Gasteiger partial charge on any atom is 0.308 e. The predicted molar refractivity (Wildman–Crippen MR) is 140 cm³/mol. The van der Waals surface area contributed by atoms with Gasteiger partial charge in [-0.2, -0.15) is 0 Å². The van der Waals surface area contributed by atoms with E-state index in [0.29, 0.717) is 23.1 Å². The van der Waals surface area contributed by atoms with E-state index in [1.807, 2.05) is 30.5 Å². The van der Waals surface area contributed by atoms with Gasteiger partial charge < -0.3 is 9.84 Å². The largest absolute Gasteiger partial charge is 0.497 e. The highest BCUT2D eigenvalue weighted by molar-refractivity contribution is 6.35. The van der Waals surface area contributed by atoms with Crippen LogP contribution in [0.4, 0.5) is 0 Å². The van der Waals surface area contributed by atoms with Gasteiger partial charge in [0.15, 0.2) is 0 Å². The van der Waals surface area contributed by atoms with Crippen molar-refractivity contribution in [1.29, 1.82) is 0 Å². The summed E-state index contributed by atoms with van der Waals surface area (Å²) in [6, 6.07) is 13.2. The number of aliphatic carboxylic acids is 1. The Bertz CT molecular complexity index is 1270. The topological polar surface area (TPSA) is 62.7 Å². The van der Waals surface area contributed by atoms with Crippen LogP contribution in [0.3, 0.4) is 0 Å². The van der Waals surface area contributed by atoms with E-state index in [9.17, 15) is 9.90 Å². The molecular formula is C28H28Cl2N2O3. The van der Waals surface area contributed by atoms with Crippen LogP contribution in [0, 0.1) is 23.7 Å². The van der Waals surface area contributed by atoms with E-state index < -0.39 is 5.97 Å². The molecule has 0 unspecified atom stereocenters. The molecule has 182 valence electrons. The number of aromatic nitrogens is 1. The molecule has 0 bridgehead atoms. The number of likely N-dealkylation sites (tertiary alicyclic amines) is 1. The quantitative estimate of drug-likeness (QED) is 0.398. The predicted octanol–water partition coefficient (Wildman–Crippen LogP) is 5.95. The molecule has 0 saturated carbocycles. The number of pyridine rings is 1. The molecule has 4 rings (SSSR count). The number of ether oxygens (including phenoxy) is 1. The third-order valence-electron chi connectivity index (χ3n) is 6.67.